The summed E-state index contributed by atoms with van der Waals surface area (Å²) in [7, 11) is 0. The van der Waals surface area contributed by atoms with Crippen LogP contribution in [0.5, 0.6) is 0 Å². The number of alkyl halides is 6. The third-order valence-corrected chi connectivity index (χ3v) is 2.88. The van der Waals surface area contributed by atoms with Crippen molar-refractivity contribution < 1.29 is 26.3 Å². The lowest BCUT2D eigenvalue weighted by molar-refractivity contribution is -0.128. The third-order valence-electron chi connectivity index (χ3n) is 2.88. The lowest BCUT2D eigenvalue weighted by atomic mass is 10.1. The van der Waals surface area contributed by atoms with Crippen molar-refractivity contribution in [1.82, 2.24) is 0 Å². The highest BCUT2D eigenvalue weighted by Gasteiger charge is 2.28. The van der Waals surface area contributed by atoms with Crippen LogP contribution >= 0.6 is 0 Å². The fourth-order valence-electron chi connectivity index (χ4n) is 2.16. The highest BCUT2D eigenvalue weighted by Crippen LogP contribution is 2.25. The molecule has 0 aliphatic heterocycles. The molecule has 26 heavy (non-hydrogen) atoms. The number of nitrogen functional groups attached to an aromatic ring is 4. The fourth-order valence-corrected chi connectivity index (χ4v) is 2.16. The molecule has 2 rings (SSSR count). The van der Waals surface area contributed by atoms with E-state index in [9.17, 15) is 26.3 Å². The summed E-state index contributed by atoms with van der Waals surface area (Å²) >= 11 is 0. The molecule has 0 atom stereocenters. The third kappa shape index (κ3) is 8.90. The van der Waals surface area contributed by atoms with Crippen molar-refractivity contribution in [2.24, 2.45) is 0 Å². The molecule has 0 amide bonds. The van der Waals surface area contributed by atoms with E-state index in [2.05, 4.69) is 0 Å². The first-order valence-corrected chi connectivity index (χ1v) is 7.17. The molecule has 0 aliphatic carbocycles. The Morgan fingerprint density at radius 2 is 0.731 bits per heavy atom. The Bertz CT molecular complexity index is 636. The molecule has 2 aromatic carbocycles. The maximum absolute atomic E-state index is 11.9. The molecule has 10 heteroatoms. The van der Waals surface area contributed by atoms with Crippen LogP contribution < -0.4 is 22.9 Å². The summed E-state index contributed by atoms with van der Waals surface area (Å²) in [5, 5.41) is 0. The highest BCUT2D eigenvalue weighted by molar-refractivity contribution is 5.55. The fraction of sp³-hybridized carbons (Fsp3) is 0.250. The molecule has 0 bridgehead atoms. The summed E-state index contributed by atoms with van der Waals surface area (Å²) in [4.78, 5) is 0. The minimum atomic E-state index is -4.22. The normalized spacial score (nSPS) is 11.6. The smallest absolute Gasteiger partial charge is 0.393 e. The molecule has 0 radical (unpaired) electrons. The van der Waals surface area contributed by atoms with Gasteiger partial charge in [0.25, 0.3) is 0 Å². The molecule has 0 unspecified atom stereocenters. The second kappa shape index (κ2) is 8.07. The molecule has 4 nitrogen and oxygen atoms in total. The molecule has 0 fully saturated rings. The highest BCUT2D eigenvalue weighted by atomic mass is 19.4. The molecule has 8 N–H and O–H groups in total. The van der Waals surface area contributed by atoms with Crippen LogP contribution in [-0.2, 0) is 12.8 Å². The Morgan fingerprint density at radius 1 is 0.500 bits per heavy atom. The van der Waals surface area contributed by atoms with Gasteiger partial charge < -0.3 is 22.9 Å². The lowest BCUT2D eigenvalue weighted by Gasteiger charge is -2.07. The number of anilines is 4. The monoisotopic (exact) mass is 380 g/mol. The molecule has 2 aromatic rings. The number of halogens is 6. The van der Waals surface area contributed by atoms with E-state index in [0.717, 1.165) is 0 Å². The SMILES string of the molecule is Nc1cc(N)cc(CC(F)(F)F)c1.Nc1cc(N)cc(CC(F)(F)F)c1. The predicted molar refractivity (Wildman–Crippen MR) is 90.1 cm³/mol. The van der Waals surface area contributed by atoms with Crippen molar-refractivity contribution >= 4 is 22.7 Å². The molecule has 0 aromatic heterocycles. The standard InChI is InChI=1S/2C8H9F3N2/c2*9-8(10,11)4-5-1-6(12)3-7(13)2-5/h2*1-3H,4,12-13H2. The van der Waals surface area contributed by atoms with Crippen LogP contribution in [-0.4, -0.2) is 12.4 Å². The summed E-state index contributed by atoms with van der Waals surface area (Å²) in [6.45, 7) is 0. The first-order valence-electron chi connectivity index (χ1n) is 7.17. The molecule has 0 saturated heterocycles. The van der Waals surface area contributed by atoms with E-state index in [1.165, 1.54) is 36.4 Å². The molecule has 0 saturated carbocycles. The Labute approximate surface area is 145 Å². The average molecular weight is 380 g/mol. The van der Waals surface area contributed by atoms with Gasteiger partial charge in [-0.05, 0) is 47.5 Å². The van der Waals surface area contributed by atoms with Gasteiger partial charge in [0.1, 0.15) is 0 Å². The van der Waals surface area contributed by atoms with E-state index in [-0.39, 0.29) is 33.9 Å². The average Bonchev–Trinajstić information content (AvgIpc) is 2.31. The molecular formula is C16H18F6N4. The van der Waals surface area contributed by atoms with E-state index in [1.807, 2.05) is 0 Å². The summed E-state index contributed by atoms with van der Waals surface area (Å²) in [5.74, 6) is 0. The zero-order valence-electron chi connectivity index (χ0n) is 13.5. The van der Waals surface area contributed by atoms with E-state index >= 15 is 0 Å². The number of hydrogen-bond donors (Lipinski definition) is 4. The number of benzene rings is 2. The van der Waals surface area contributed by atoms with Crippen LogP contribution in [0.25, 0.3) is 0 Å². The topological polar surface area (TPSA) is 104 Å². The van der Waals surface area contributed by atoms with Crippen LogP contribution in [0.1, 0.15) is 11.1 Å². The van der Waals surface area contributed by atoms with E-state index < -0.39 is 25.2 Å². The van der Waals surface area contributed by atoms with Gasteiger partial charge in [-0.2, -0.15) is 26.3 Å². The Balaban J connectivity index is 0.000000260. The van der Waals surface area contributed by atoms with Gasteiger partial charge in [-0.15, -0.1) is 0 Å². The molecule has 0 heterocycles. The van der Waals surface area contributed by atoms with Crippen LogP contribution in [0.2, 0.25) is 0 Å². The maximum Gasteiger partial charge on any atom is 0.393 e. The predicted octanol–water partition coefficient (Wildman–Crippen LogP) is 3.91. The van der Waals surface area contributed by atoms with E-state index in [0.29, 0.717) is 0 Å². The summed E-state index contributed by atoms with van der Waals surface area (Å²) < 4.78 is 71.5. The van der Waals surface area contributed by atoms with Gasteiger partial charge in [0, 0.05) is 22.7 Å². The first-order chi connectivity index (χ1) is 11.7. The Hall–Kier alpha value is -2.78. The van der Waals surface area contributed by atoms with Crippen LogP contribution in [0.15, 0.2) is 36.4 Å². The van der Waals surface area contributed by atoms with E-state index in [4.69, 9.17) is 22.9 Å². The molecular weight excluding hydrogens is 362 g/mol. The van der Waals surface area contributed by atoms with Crippen molar-refractivity contribution in [3.05, 3.63) is 47.5 Å². The first kappa shape index (κ1) is 21.3. The van der Waals surface area contributed by atoms with Gasteiger partial charge in [-0.3, -0.25) is 0 Å². The second-order valence-corrected chi connectivity index (χ2v) is 5.60. The van der Waals surface area contributed by atoms with Crippen molar-refractivity contribution in [2.45, 2.75) is 25.2 Å². The van der Waals surface area contributed by atoms with Crippen molar-refractivity contribution in [3.8, 4) is 0 Å². The molecule has 0 aliphatic rings. The van der Waals surface area contributed by atoms with Crippen molar-refractivity contribution in [2.75, 3.05) is 22.9 Å². The van der Waals surface area contributed by atoms with Crippen molar-refractivity contribution in [3.63, 3.8) is 0 Å². The van der Waals surface area contributed by atoms with Crippen LogP contribution in [0, 0.1) is 0 Å². The summed E-state index contributed by atoms with van der Waals surface area (Å²) in [5.41, 5.74) is 22.5. The summed E-state index contributed by atoms with van der Waals surface area (Å²) in [6, 6.07) is 7.90. The Kier molecular flexibility index (Phi) is 6.60. The minimum Gasteiger partial charge on any atom is -0.399 e. The number of nitrogens with two attached hydrogens (primary N) is 4. The zero-order valence-corrected chi connectivity index (χ0v) is 13.5. The van der Waals surface area contributed by atoms with Crippen LogP contribution in [0.4, 0.5) is 49.1 Å². The van der Waals surface area contributed by atoms with Gasteiger partial charge >= 0.3 is 12.4 Å². The minimum absolute atomic E-state index is 0.0880. The summed E-state index contributed by atoms with van der Waals surface area (Å²) in [6.07, 6.45) is -10.4. The van der Waals surface area contributed by atoms with Gasteiger partial charge in [0.05, 0.1) is 12.8 Å². The van der Waals surface area contributed by atoms with Crippen molar-refractivity contribution in [1.29, 1.82) is 0 Å². The quantitative estimate of drug-likeness (QED) is 0.468. The Morgan fingerprint density at radius 3 is 0.923 bits per heavy atom. The van der Waals surface area contributed by atoms with Gasteiger partial charge in [-0.1, -0.05) is 0 Å². The van der Waals surface area contributed by atoms with Gasteiger partial charge in [-0.25, -0.2) is 0 Å². The number of rotatable bonds is 2. The second-order valence-electron chi connectivity index (χ2n) is 5.60. The lowest BCUT2D eigenvalue weighted by Crippen LogP contribution is -2.12. The largest absolute Gasteiger partial charge is 0.399 e. The van der Waals surface area contributed by atoms with Gasteiger partial charge in [0.2, 0.25) is 0 Å². The van der Waals surface area contributed by atoms with Crippen LogP contribution in [0.3, 0.4) is 0 Å². The van der Waals surface area contributed by atoms with Gasteiger partial charge in [0.15, 0.2) is 0 Å². The zero-order chi connectivity index (χ0) is 20.1. The maximum atomic E-state index is 11.9. The number of hydrogen-bond acceptors (Lipinski definition) is 4. The molecule has 0 spiro atoms. The molecule has 144 valence electrons. The van der Waals surface area contributed by atoms with E-state index in [1.54, 1.807) is 0 Å².